The van der Waals surface area contributed by atoms with Crippen LogP contribution in [0.15, 0.2) is 51.7 Å². The number of benzene rings is 2. The summed E-state index contributed by atoms with van der Waals surface area (Å²) < 4.78 is 30.5. The number of hydrogen-bond acceptors (Lipinski definition) is 8. The van der Waals surface area contributed by atoms with Gasteiger partial charge < -0.3 is 28.1 Å². The minimum atomic E-state index is -0.754. The molecular formula is C31H38B2O8. The molecule has 1 aromatic heterocycles. The molecule has 2 aliphatic heterocycles. The highest BCUT2D eigenvalue weighted by Gasteiger charge is 2.53. The highest BCUT2D eigenvalue weighted by molar-refractivity contribution is 6.62. The maximum absolute atomic E-state index is 13.3. The molecule has 1 atom stereocenters. The van der Waals surface area contributed by atoms with E-state index < -0.39 is 48.2 Å². The van der Waals surface area contributed by atoms with E-state index in [1.54, 1.807) is 18.2 Å². The molecule has 2 aliphatic rings. The average Bonchev–Trinajstić information content (AvgIpc) is 3.22. The van der Waals surface area contributed by atoms with Gasteiger partial charge in [0.15, 0.2) is 0 Å². The third-order valence-corrected chi connectivity index (χ3v) is 9.14. The molecule has 5 rings (SSSR count). The van der Waals surface area contributed by atoms with Crippen molar-refractivity contribution in [3.63, 3.8) is 0 Å². The summed E-state index contributed by atoms with van der Waals surface area (Å²) in [6, 6.07) is 12.5. The van der Waals surface area contributed by atoms with Crippen LogP contribution >= 0.6 is 0 Å². The maximum atomic E-state index is 13.3. The van der Waals surface area contributed by atoms with E-state index in [9.17, 15) is 14.7 Å². The summed E-state index contributed by atoms with van der Waals surface area (Å²) in [6.07, 6.45) is -0.00639. The van der Waals surface area contributed by atoms with Crippen LogP contribution in [-0.4, -0.2) is 47.5 Å². The predicted molar refractivity (Wildman–Crippen MR) is 159 cm³/mol. The van der Waals surface area contributed by atoms with Crippen LogP contribution in [0.4, 0.5) is 0 Å². The molecule has 2 fully saturated rings. The number of aromatic hydroxyl groups is 1. The Bertz CT molecular complexity index is 1540. The molecule has 10 heteroatoms. The van der Waals surface area contributed by atoms with Crippen LogP contribution in [0.1, 0.15) is 85.8 Å². The van der Waals surface area contributed by atoms with Gasteiger partial charge in [-0.1, -0.05) is 30.3 Å². The lowest BCUT2D eigenvalue weighted by atomic mass is 9.76. The Kier molecular flexibility index (Phi) is 7.09. The van der Waals surface area contributed by atoms with E-state index in [0.29, 0.717) is 16.4 Å². The van der Waals surface area contributed by atoms with Crippen molar-refractivity contribution in [2.45, 2.75) is 97.1 Å². The second kappa shape index (κ2) is 9.83. The van der Waals surface area contributed by atoms with Crippen molar-refractivity contribution in [1.29, 1.82) is 0 Å². The van der Waals surface area contributed by atoms with Gasteiger partial charge in [0.05, 0.1) is 33.4 Å². The fourth-order valence-electron chi connectivity index (χ4n) is 5.23. The number of hydrogen-bond donors (Lipinski definition) is 1. The van der Waals surface area contributed by atoms with Crippen molar-refractivity contribution in [3.05, 3.63) is 64.0 Å². The van der Waals surface area contributed by atoms with E-state index in [1.807, 2.05) is 79.7 Å². The van der Waals surface area contributed by atoms with Crippen molar-refractivity contribution in [1.82, 2.24) is 0 Å². The first-order valence-electron chi connectivity index (χ1n) is 14.0. The molecule has 0 radical (unpaired) electrons. The zero-order valence-electron chi connectivity index (χ0n) is 25.3. The number of carbonyl (C=O) groups is 1. The van der Waals surface area contributed by atoms with Crippen molar-refractivity contribution >= 4 is 41.9 Å². The smallest absolute Gasteiger partial charge is 0.494 e. The van der Waals surface area contributed by atoms with E-state index in [-0.39, 0.29) is 29.1 Å². The fourth-order valence-corrected chi connectivity index (χ4v) is 5.23. The van der Waals surface area contributed by atoms with Crippen molar-refractivity contribution in [2.75, 3.05) is 0 Å². The van der Waals surface area contributed by atoms with Gasteiger partial charge in [0.25, 0.3) is 0 Å². The third kappa shape index (κ3) is 5.16. The molecule has 0 spiro atoms. The normalized spacial score (nSPS) is 21.4. The molecule has 1 N–H and O–H groups in total. The SMILES string of the molecule is CC(=O)CC(c1cccc(B2OC(C)(C)C(C)(C)O2)c1)c1c(O)c2cc(B3OC(C)(C)C(C)(C)O3)ccc2oc1=O. The van der Waals surface area contributed by atoms with E-state index in [0.717, 1.165) is 5.46 Å². The number of fused-ring (bicyclic) bond motifs is 1. The Hall–Kier alpha value is -2.91. The molecule has 216 valence electrons. The first-order valence-corrected chi connectivity index (χ1v) is 14.0. The van der Waals surface area contributed by atoms with E-state index >= 15 is 0 Å². The van der Waals surface area contributed by atoms with Gasteiger partial charge in [0.1, 0.15) is 17.1 Å². The van der Waals surface area contributed by atoms with Crippen LogP contribution in [-0.2, 0) is 23.4 Å². The molecular weight excluding hydrogens is 522 g/mol. The Labute approximate surface area is 241 Å². The largest absolute Gasteiger partial charge is 0.507 e. The van der Waals surface area contributed by atoms with Crippen molar-refractivity contribution in [3.8, 4) is 5.75 Å². The van der Waals surface area contributed by atoms with Crippen LogP contribution in [0, 0.1) is 0 Å². The maximum Gasteiger partial charge on any atom is 0.494 e. The van der Waals surface area contributed by atoms with Gasteiger partial charge in [-0.05, 0) is 90.9 Å². The second-order valence-electron chi connectivity index (χ2n) is 13.2. The van der Waals surface area contributed by atoms with Gasteiger partial charge in [-0.3, -0.25) is 4.79 Å². The Morgan fingerprint density at radius 2 is 1.32 bits per heavy atom. The quantitative estimate of drug-likeness (QED) is 0.354. The van der Waals surface area contributed by atoms with Crippen LogP contribution < -0.4 is 16.6 Å². The lowest BCUT2D eigenvalue weighted by molar-refractivity contribution is -0.117. The Morgan fingerprint density at radius 1 is 0.805 bits per heavy atom. The van der Waals surface area contributed by atoms with Crippen molar-refractivity contribution in [2.24, 2.45) is 0 Å². The van der Waals surface area contributed by atoms with E-state index in [4.69, 9.17) is 23.0 Å². The van der Waals surface area contributed by atoms with Crippen LogP contribution in [0.3, 0.4) is 0 Å². The lowest BCUT2D eigenvalue weighted by Gasteiger charge is -2.32. The fraction of sp³-hybridized carbons (Fsp3) is 0.484. The molecule has 2 saturated heterocycles. The molecule has 0 saturated carbocycles. The highest BCUT2D eigenvalue weighted by Crippen LogP contribution is 2.40. The Balaban J connectivity index is 1.58. The molecule has 0 amide bonds. The first-order chi connectivity index (χ1) is 18.9. The summed E-state index contributed by atoms with van der Waals surface area (Å²) in [5.74, 6) is -1.13. The Morgan fingerprint density at radius 3 is 1.83 bits per heavy atom. The number of ketones is 1. The minimum Gasteiger partial charge on any atom is -0.507 e. The summed E-state index contributed by atoms with van der Waals surface area (Å²) in [4.78, 5) is 25.8. The van der Waals surface area contributed by atoms with Crippen LogP contribution in [0.2, 0.25) is 0 Å². The molecule has 8 nitrogen and oxygen atoms in total. The van der Waals surface area contributed by atoms with Gasteiger partial charge in [0.2, 0.25) is 0 Å². The molecule has 3 aromatic rings. The zero-order chi connectivity index (χ0) is 30.1. The van der Waals surface area contributed by atoms with Gasteiger partial charge >= 0.3 is 19.9 Å². The topological polar surface area (TPSA) is 104 Å². The molecule has 41 heavy (non-hydrogen) atoms. The summed E-state index contributed by atoms with van der Waals surface area (Å²) >= 11 is 0. The van der Waals surface area contributed by atoms with Crippen LogP contribution in [0.25, 0.3) is 11.0 Å². The summed E-state index contributed by atoms with van der Waals surface area (Å²) in [6.45, 7) is 17.2. The molecule has 0 bridgehead atoms. The van der Waals surface area contributed by atoms with Crippen LogP contribution in [0.5, 0.6) is 5.75 Å². The molecule has 1 unspecified atom stereocenters. The highest BCUT2D eigenvalue weighted by atomic mass is 16.7. The minimum absolute atomic E-state index is 0.00639. The number of carbonyl (C=O) groups excluding carboxylic acids is 1. The molecule has 3 heterocycles. The first kappa shape index (κ1) is 29.6. The summed E-state index contributed by atoms with van der Waals surface area (Å²) in [5, 5.41) is 11.9. The van der Waals surface area contributed by atoms with Gasteiger partial charge in [-0.2, -0.15) is 0 Å². The van der Waals surface area contributed by atoms with E-state index in [1.165, 1.54) is 6.92 Å². The molecule has 0 aliphatic carbocycles. The van der Waals surface area contributed by atoms with Crippen molar-refractivity contribution < 1.29 is 32.9 Å². The summed E-state index contributed by atoms with van der Waals surface area (Å²) in [5.41, 5.74) is -0.510. The monoisotopic (exact) mass is 560 g/mol. The predicted octanol–water partition coefficient (Wildman–Crippen LogP) is 4.21. The average molecular weight is 560 g/mol. The van der Waals surface area contributed by atoms with Gasteiger partial charge in [-0.15, -0.1) is 0 Å². The standard InChI is InChI=1S/C31H38B2O8/c1-18(34)15-22(19-11-10-12-20(16-19)32-38-28(2,3)29(4,5)39-32)25-26(35)23-17-21(13-14-24(23)37-27(25)36)33-40-30(6,7)31(8,9)41-33/h10-14,16-17,22,35H,15H2,1-9H3. The number of Topliss-reactive ketones (excluding diaryl/α,β-unsaturated/α-hetero) is 1. The van der Waals surface area contributed by atoms with Gasteiger partial charge in [-0.25, -0.2) is 4.79 Å². The molecule has 2 aromatic carbocycles. The lowest BCUT2D eigenvalue weighted by Crippen LogP contribution is -2.41. The second-order valence-corrected chi connectivity index (χ2v) is 13.2. The van der Waals surface area contributed by atoms with E-state index in [2.05, 4.69) is 0 Å². The van der Waals surface area contributed by atoms with Gasteiger partial charge in [0, 0.05) is 12.3 Å². The third-order valence-electron chi connectivity index (χ3n) is 9.14. The number of rotatable bonds is 6. The summed E-state index contributed by atoms with van der Waals surface area (Å²) in [7, 11) is -1.29. The zero-order valence-corrected chi connectivity index (χ0v) is 25.3.